The van der Waals surface area contributed by atoms with Crippen LogP contribution in [0, 0.1) is 19.3 Å². The van der Waals surface area contributed by atoms with Gasteiger partial charge in [0.15, 0.2) is 5.11 Å². The number of rotatable bonds is 4. The number of aliphatic imine (C=N–C) groups is 1. The highest BCUT2D eigenvalue weighted by Gasteiger charge is 2.39. The molecule has 2 heterocycles. The molecule has 0 bridgehead atoms. The topological polar surface area (TPSA) is 56.3 Å². The van der Waals surface area contributed by atoms with E-state index in [0.29, 0.717) is 5.11 Å². The molecule has 1 saturated heterocycles. The van der Waals surface area contributed by atoms with Crippen molar-refractivity contribution in [2.45, 2.75) is 66.5 Å². The molecule has 168 valence electrons. The number of aromatic amines is 1. The third-order valence-corrected chi connectivity index (χ3v) is 6.06. The van der Waals surface area contributed by atoms with Gasteiger partial charge >= 0.3 is 0 Å². The highest BCUT2D eigenvalue weighted by atomic mass is 32.1. The van der Waals surface area contributed by atoms with E-state index in [2.05, 4.69) is 99.0 Å². The molecular formula is C26H33N5S. The number of aromatic nitrogens is 2. The Kier molecular flexibility index (Phi) is 5.61. The molecule has 4 rings (SSSR count). The lowest BCUT2D eigenvalue weighted by molar-refractivity contribution is 0.288. The number of nitrogens with zero attached hydrogens (tertiary/aromatic N) is 3. The van der Waals surface area contributed by atoms with Crippen LogP contribution in [0.2, 0.25) is 0 Å². The fourth-order valence-corrected chi connectivity index (χ4v) is 5.30. The Balaban J connectivity index is 1.85. The van der Waals surface area contributed by atoms with Gasteiger partial charge in [-0.3, -0.25) is 4.99 Å². The molecule has 32 heavy (non-hydrogen) atoms. The Bertz CT molecular complexity index is 1200. The molecule has 1 aromatic heterocycles. The van der Waals surface area contributed by atoms with Gasteiger partial charge in [0.05, 0.1) is 22.9 Å². The molecule has 0 aliphatic carbocycles. The Morgan fingerprint density at radius 1 is 1.06 bits per heavy atom. The zero-order valence-corrected chi connectivity index (χ0v) is 20.9. The fourth-order valence-electron chi connectivity index (χ4n) is 4.99. The van der Waals surface area contributed by atoms with Crippen LogP contribution in [0.4, 0.5) is 5.69 Å². The summed E-state index contributed by atoms with van der Waals surface area (Å²) in [6.45, 7) is 15.5. The van der Waals surface area contributed by atoms with E-state index in [0.717, 1.165) is 29.0 Å². The van der Waals surface area contributed by atoms with Crippen LogP contribution >= 0.6 is 12.2 Å². The minimum absolute atomic E-state index is 0.109. The zero-order valence-electron chi connectivity index (χ0n) is 20.1. The number of thiocarbonyl (C=S) groups is 1. The summed E-state index contributed by atoms with van der Waals surface area (Å²) in [5, 5.41) is 4.12. The Morgan fingerprint density at radius 2 is 1.81 bits per heavy atom. The Morgan fingerprint density at radius 3 is 2.50 bits per heavy atom. The SMILES string of the molecule is Cc1ccc(C2C(=NC(C)(C)CC(C)(C)C)NC(=S)N2c2ccc3nc[nH]c3c2)c(C)c1. The van der Waals surface area contributed by atoms with Crippen LogP contribution in [-0.4, -0.2) is 26.5 Å². The second-order valence-corrected chi connectivity index (χ2v) is 11.1. The minimum Gasteiger partial charge on any atom is -0.345 e. The van der Waals surface area contributed by atoms with E-state index < -0.39 is 0 Å². The largest absolute Gasteiger partial charge is 0.345 e. The summed E-state index contributed by atoms with van der Waals surface area (Å²) in [4.78, 5) is 15.0. The quantitative estimate of drug-likeness (QED) is 0.466. The van der Waals surface area contributed by atoms with Crippen molar-refractivity contribution in [3.8, 4) is 0 Å². The first kappa shape index (κ1) is 22.5. The van der Waals surface area contributed by atoms with E-state index in [9.17, 15) is 0 Å². The van der Waals surface area contributed by atoms with Gasteiger partial charge < -0.3 is 15.2 Å². The van der Waals surface area contributed by atoms with E-state index in [1.54, 1.807) is 6.33 Å². The lowest BCUT2D eigenvalue weighted by Gasteiger charge is -2.31. The third kappa shape index (κ3) is 4.56. The maximum absolute atomic E-state index is 5.85. The second kappa shape index (κ2) is 8.00. The molecule has 1 unspecified atom stereocenters. The number of hydrogen-bond acceptors (Lipinski definition) is 3. The van der Waals surface area contributed by atoms with Gasteiger partial charge in [-0.15, -0.1) is 0 Å². The van der Waals surface area contributed by atoms with Crippen LogP contribution in [0.3, 0.4) is 0 Å². The van der Waals surface area contributed by atoms with E-state index in [1.165, 1.54) is 16.7 Å². The number of aryl methyl sites for hydroxylation is 2. The van der Waals surface area contributed by atoms with Crippen molar-refractivity contribution in [2.24, 2.45) is 10.4 Å². The summed E-state index contributed by atoms with van der Waals surface area (Å²) in [5.41, 5.74) is 6.58. The molecule has 1 atom stereocenters. The Hall–Kier alpha value is -2.73. The average Bonchev–Trinajstić information content (AvgIpc) is 3.22. The molecule has 0 saturated carbocycles. The van der Waals surface area contributed by atoms with Crippen LogP contribution < -0.4 is 10.2 Å². The van der Waals surface area contributed by atoms with Crippen molar-refractivity contribution in [2.75, 3.05) is 4.90 Å². The number of benzene rings is 2. The maximum atomic E-state index is 5.85. The standard InChI is InChI=1S/C26H33N5S/c1-16-8-10-19(17(2)12-16)22-23(30-26(6,7)14-25(3,4)5)29-24(32)31(22)18-9-11-20-21(13-18)28-15-27-20/h8-13,15,22H,14H2,1-7H3,(H,27,28)(H,29,30,32). The number of H-pyrrole nitrogens is 1. The zero-order chi connectivity index (χ0) is 23.3. The minimum atomic E-state index is -0.226. The molecule has 2 N–H and O–H groups in total. The highest BCUT2D eigenvalue weighted by molar-refractivity contribution is 7.80. The van der Waals surface area contributed by atoms with Crippen LogP contribution in [0.1, 0.15) is 63.8 Å². The second-order valence-electron chi connectivity index (χ2n) is 10.7. The average molecular weight is 448 g/mol. The normalized spacial score (nSPS) is 18.6. The predicted octanol–water partition coefficient (Wildman–Crippen LogP) is 6.23. The van der Waals surface area contributed by atoms with Crippen molar-refractivity contribution < 1.29 is 0 Å². The van der Waals surface area contributed by atoms with Crippen LogP contribution in [0.5, 0.6) is 0 Å². The lowest BCUT2D eigenvalue weighted by atomic mass is 9.82. The molecule has 1 aliphatic heterocycles. The van der Waals surface area contributed by atoms with Gasteiger partial charge in [0, 0.05) is 5.69 Å². The summed E-state index contributed by atoms with van der Waals surface area (Å²) in [6.07, 6.45) is 2.69. The van der Waals surface area contributed by atoms with E-state index >= 15 is 0 Å². The van der Waals surface area contributed by atoms with Gasteiger partial charge in [-0.25, -0.2) is 4.98 Å². The smallest absolute Gasteiger partial charge is 0.179 e. The number of hydrogen-bond donors (Lipinski definition) is 2. The number of nitrogens with one attached hydrogen (secondary N) is 2. The first-order valence-electron chi connectivity index (χ1n) is 11.1. The predicted molar refractivity (Wildman–Crippen MR) is 139 cm³/mol. The molecule has 0 amide bonds. The van der Waals surface area contributed by atoms with Crippen LogP contribution in [0.25, 0.3) is 11.0 Å². The first-order chi connectivity index (χ1) is 14.9. The third-order valence-electron chi connectivity index (χ3n) is 5.76. The molecule has 1 fully saturated rings. The number of anilines is 1. The van der Waals surface area contributed by atoms with Gasteiger partial charge in [0.1, 0.15) is 11.9 Å². The maximum Gasteiger partial charge on any atom is 0.179 e. The molecule has 0 spiro atoms. The first-order valence-corrected chi connectivity index (χ1v) is 11.5. The van der Waals surface area contributed by atoms with Gasteiger partial charge in [0.25, 0.3) is 0 Å². The molecule has 1 aliphatic rings. The molecule has 3 aromatic rings. The van der Waals surface area contributed by atoms with Gasteiger partial charge in [-0.05, 0) is 81.1 Å². The fraction of sp³-hybridized carbons (Fsp3) is 0.423. The molecule has 6 heteroatoms. The van der Waals surface area contributed by atoms with E-state index in [4.69, 9.17) is 17.2 Å². The Labute approximate surface area is 196 Å². The van der Waals surface area contributed by atoms with Crippen molar-refractivity contribution in [1.82, 2.24) is 15.3 Å². The lowest BCUT2D eigenvalue weighted by Crippen LogP contribution is -2.31. The molecule has 2 aromatic carbocycles. The van der Waals surface area contributed by atoms with Gasteiger partial charge in [-0.2, -0.15) is 0 Å². The van der Waals surface area contributed by atoms with Crippen molar-refractivity contribution in [3.05, 3.63) is 59.4 Å². The number of amidine groups is 1. The molecule has 5 nitrogen and oxygen atoms in total. The van der Waals surface area contributed by atoms with Gasteiger partial charge in [-0.1, -0.05) is 44.5 Å². The number of imidazole rings is 1. The molecule has 0 radical (unpaired) electrons. The monoisotopic (exact) mass is 447 g/mol. The van der Waals surface area contributed by atoms with Crippen molar-refractivity contribution in [3.63, 3.8) is 0 Å². The van der Waals surface area contributed by atoms with Crippen molar-refractivity contribution in [1.29, 1.82) is 0 Å². The summed E-state index contributed by atoms with van der Waals surface area (Å²) in [7, 11) is 0. The highest BCUT2D eigenvalue weighted by Crippen LogP contribution is 2.37. The molecular weight excluding hydrogens is 414 g/mol. The summed E-state index contributed by atoms with van der Waals surface area (Å²) < 4.78 is 0. The summed E-state index contributed by atoms with van der Waals surface area (Å²) >= 11 is 5.85. The van der Waals surface area contributed by atoms with E-state index in [1.807, 2.05) is 6.07 Å². The van der Waals surface area contributed by atoms with Gasteiger partial charge in [0.2, 0.25) is 0 Å². The summed E-state index contributed by atoms with van der Waals surface area (Å²) in [6, 6.07) is 12.7. The van der Waals surface area contributed by atoms with E-state index in [-0.39, 0.29) is 17.0 Å². The number of fused-ring (bicyclic) bond motifs is 1. The van der Waals surface area contributed by atoms with Crippen molar-refractivity contribution >= 4 is 39.9 Å². The van der Waals surface area contributed by atoms with Crippen LogP contribution in [0.15, 0.2) is 47.7 Å². The van der Waals surface area contributed by atoms with Crippen LogP contribution in [-0.2, 0) is 0 Å². The summed E-state index contributed by atoms with van der Waals surface area (Å²) in [5.74, 6) is 0.904.